The molecule has 0 atom stereocenters. The van der Waals surface area contributed by atoms with Gasteiger partial charge in [0.1, 0.15) is 11.8 Å². The molecule has 9 heteroatoms. The van der Waals surface area contributed by atoms with E-state index in [1.54, 1.807) is 50.7 Å². The number of allylic oxidation sites excluding steroid dienone is 1. The van der Waals surface area contributed by atoms with E-state index in [1.165, 1.54) is 6.20 Å². The predicted octanol–water partition coefficient (Wildman–Crippen LogP) is 2.23. The maximum Gasteiger partial charge on any atom is 0.272 e. The molecule has 0 saturated carbocycles. The van der Waals surface area contributed by atoms with E-state index in [-0.39, 0.29) is 12.1 Å². The second kappa shape index (κ2) is 8.90. The van der Waals surface area contributed by atoms with E-state index >= 15 is 0 Å². The molecule has 4 aromatic rings. The molecule has 2 aromatic carbocycles. The van der Waals surface area contributed by atoms with Gasteiger partial charge in [-0.15, -0.1) is 0 Å². The van der Waals surface area contributed by atoms with Crippen molar-refractivity contribution in [3.63, 3.8) is 0 Å². The van der Waals surface area contributed by atoms with Crippen LogP contribution in [0.4, 0.5) is 0 Å². The summed E-state index contributed by atoms with van der Waals surface area (Å²) in [6.45, 7) is 0.158. The monoisotopic (exact) mass is 439 g/mol. The Labute approximate surface area is 189 Å². The van der Waals surface area contributed by atoms with Crippen LogP contribution in [0.2, 0.25) is 0 Å². The van der Waals surface area contributed by atoms with Gasteiger partial charge in [0.15, 0.2) is 0 Å². The van der Waals surface area contributed by atoms with Gasteiger partial charge in [-0.25, -0.2) is 5.10 Å². The molecule has 5 N–H and O–H groups in total. The zero-order chi connectivity index (χ0) is 23.5. The van der Waals surface area contributed by atoms with Gasteiger partial charge in [-0.3, -0.25) is 14.8 Å². The number of nitrogens with one attached hydrogen (secondary N) is 1. The maximum atomic E-state index is 12.2. The molecule has 0 aliphatic heterocycles. The molecule has 0 aliphatic carbocycles. The summed E-state index contributed by atoms with van der Waals surface area (Å²) in [5.41, 5.74) is 15.6. The van der Waals surface area contributed by atoms with Crippen molar-refractivity contribution in [2.45, 2.75) is 6.54 Å². The van der Waals surface area contributed by atoms with Crippen LogP contribution in [0.5, 0.6) is 5.75 Å². The summed E-state index contributed by atoms with van der Waals surface area (Å²) in [5, 5.41) is 18.3. The Morgan fingerprint density at radius 2 is 2.06 bits per heavy atom. The molecule has 9 nitrogen and oxygen atoms in total. The van der Waals surface area contributed by atoms with Gasteiger partial charge in [0.05, 0.1) is 41.2 Å². The highest BCUT2D eigenvalue weighted by molar-refractivity contribution is 6.33. The lowest BCUT2D eigenvalue weighted by atomic mass is 9.91. The lowest BCUT2D eigenvalue weighted by molar-refractivity contribution is 0.414. The average molecular weight is 439 g/mol. The van der Waals surface area contributed by atoms with Gasteiger partial charge in [-0.1, -0.05) is 6.07 Å². The number of hydrogen-bond acceptors (Lipinski definition) is 8. The average Bonchev–Trinajstić information content (AvgIpc) is 2.86. The first kappa shape index (κ1) is 21.7. The second-order valence-corrected chi connectivity index (χ2v) is 7.16. The molecule has 0 fully saturated rings. The minimum absolute atomic E-state index is 0.158. The van der Waals surface area contributed by atoms with Crippen LogP contribution in [0.25, 0.3) is 27.2 Å². The number of aromatic amines is 1. The Balaban J connectivity index is 1.93. The number of benzene rings is 2. The minimum Gasteiger partial charge on any atom is -0.495 e. The van der Waals surface area contributed by atoms with Crippen molar-refractivity contribution in [2.24, 2.45) is 16.5 Å². The summed E-state index contributed by atoms with van der Waals surface area (Å²) in [7, 11) is 3.18. The maximum absolute atomic E-state index is 12.2. The number of methoxy groups -OCH3 is 1. The summed E-state index contributed by atoms with van der Waals surface area (Å²) >= 11 is 0. The largest absolute Gasteiger partial charge is 0.495 e. The van der Waals surface area contributed by atoms with Gasteiger partial charge in [0, 0.05) is 41.7 Å². The molecule has 2 aromatic heterocycles. The number of aromatic nitrogens is 3. The quantitative estimate of drug-likeness (QED) is 0.402. The van der Waals surface area contributed by atoms with E-state index in [0.717, 1.165) is 0 Å². The molecule has 0 radical (unpaired) electrons. The van der Waals surface area contributed by atoms with Gasteiger partial charge in [0.25, 0.3) is 5.56 Å². The van der Waals surface area contributed by atoms with Gasteiger partial charge >= 0.3 is 0 Å². The second-order valence-electron chi connectivity index (χ2n) is 7.16. The van der Waals surface area contributed by atoms with Crippen LogP contribution in [0, 0.1) is 11.3 Å². The van der Waals surface area contributed by atoms with Crippen molar-refractivity contribution in [1.29, 1.82) is 5.26 Å². The number of nitriles is 1. The number of H-pyrrole nitrogens is 1. The van der Waals surface area contributed by atoms with Crippen LogP contribution in [0.1, 0.15) is 22.4 Å². The third kappa shape index (κ3) is 3.69. The van der Waals surface area contributed by atoms with Crippen molar-refractivity contribution >= 4 is 33.0 Å². The Kier molecular flexibility index (Phi) is 5.85. The number of nitrogens with zero attached hydrogens (tertiary/aromatic N) is 4. The standard InChI is InChI=1S/C24H21N7O2/c1-28-23(15-5-6-21-18(20(15)10-26)8-14(33-2)12-29-21)19(9-25)13-3-4-16-17(7-13)22(11-27)30-31-24(16)32/h3-9,12H,11,25,27H2,1-2H3,(H,31,32)/b19-9-,28-23?. The Bertz CT molecular complexity index is 1540. The van der Waals surface area contributed by atoms with E-state index in [2.05, 4.69) is 26.2 Å². The molecule has 0 unspecified atom stereocenters. The number of ether oxygens (including phenoxy) is 1. The fraction of sp³-hybridized carbons (Fsp3) is 0.125. The summed E-state index contributed by atoms with van der Waals surface area (Å²) in [4.78, 5) is 21.0. The van der Waals surface area contributed by atoms with Crippen LogP contribution < -0.4 is 21.8 Å². The fourth-order valence-corrected chi connectivity index (χ4v) is 3.85. The van der Waals surface area contributed by atoms with Crippen molar-refractivity contribution in [2.75, 3.05) is 14.2 Å². The molecular weight excluding hydrogens is 418 g/mol. The third-order valence-corrected chi connectivity index (χ3v) is 5.46. The van der Waals surface area contributed by atoms with E-state index < -0.39 is 0 Å². The fourth-order valence-electron chi connectivity index (χ4n) is 3.85. The van der Waals surface area contributed by atoms with Crippen LogP contribution in [-0.2, 0) is 6.54 Å². The molecule has 0 bridgehead atoms. The minimum atomic E-state index is -0.306. The molecule has 0 aliphatic rings. The molecule has 0 spiro atoms. The molecule has 2 heterocycles. The summed E-state index contributed by atoms with van der Waals surface area (Å²) in [6, 6.07) is 12.9. The highest BCUT2D eigenvalue weighted by atomic mass is 16.5. The number of nitrogens with two attached hydrogens (primary N) is 2. The van der Waals surface area contributed by atoms with Crippen molar-refractivity contribution in [3.8, 4) is 11.8 Å². The Morgan fingerprint density at radius 3 is 2.73 bits per heavy atom. The van der Waals surface area contributed by atoms with E-state index in [0.29, 0.717) is 61.1 Å². The topological polar surface area (TPSA) is 156 Å². The molecule has 33 heavy (non-hydrogen) atoms. The SMILES string of the molecule is CN=C(/C(=C\N)c1ccc2c(=O)[nH]nc(CN)c2c1)c1ccc2ncc(OC)cc2c1C#N. The lowest BCUT2D eigenvalue weighted by Gasteiger charge is -2.15. The number of aliphatic imine (C=N–C) groups is 1. The summed E-state index contributed by atoms with van der Waals surface area (Å²) in [6.07, 6.45) is 3.03. The predicted molar refractivity (Wildman–Crippen MR) is 128 cm³/mol. The third-order valence-electron chi connectivity index (χ3n) is 5.46. The number of hydrogen-bond donors (Lipinski definition) is 3. The first-order valence-corrected chi connectivity index (χ1v) is 10.0. The highest BCUT2D eigenvalue weighted by Gasteiger charge is 2.19. The molecule has 0 saturated heterocycles. The normalized spacial score (nSPS) is 12.2. The molecule has 0 amide bonds. The number of pyridine rings is 1. The molecule has 4 rings (SSSR count). The highest BCUT2D eigenvalue weighted by Crippen LogP contribution is 2.29. The van der Waals surface area contributed by atoms with E-state index in [9.17, 15) is 10.1 Å². The zero-order valence-corrected chi connectivity index (χ0v) is 18.1. The van der Waals surface area contributed by atoms with Gasteiger partial charge in [-0.2, -0.15) is 10.4 Å². The van der Waals surface area contributed by atoms with Crippen LogP contribution >= 0.6 is 0 Å². The zero-order valence-electron chi connectivity index (χ0n) is 18.1. The van der Waals surface area contributed by atoms with Crippen molar-refractivity contribution in [3.05, 3.63) is 81.5 Å². The lowest BCUT2D eigenvalue weighted by Crippen LogP contribution is -2.14. The van der Waals surface area contributed by atoms with Crippen molar-refractivity contribution < 1.29 is 4.74 Å². The first-order valence-electron chi connectivity index (χ1n) is 10.0. The number of fused-ring (bicyclic) bond motifs is 2. The van der Waals surface area contributed by atoms with Crippen LogP contribution in [-0.4, -0.2) is 35.1 Å². The molecular formula is C24H21N7O2. The summed E-state index contributed by atoms with van der Waals surface area (Å²) in [5.74, 6) is 0.544. The van der Waals surface area contributed by atoms with Crippen LogP contribution in [0.3, 0.4) is 0 Å². The van der Waals surface area contributed by atoms with E-state index in [4.69, 9.17) is 16.2 Å². The summed E-state index contributed by atoms with van der Waals surface area (Å²) < 4.78 is 5.28. The van der Waals surface area contributed by atoms with Gasteiger partial charge < -0.3 is 16.2 Å². The van der Waals surface area contributed by atoms with Crippen molar-refractivity contribution in [1.82, 2.24) is 15.2 Å². The van der Waals surface area contributed by atoms with Gasteiger partial charge in [0.2, 0.25) is 0 Å². The number of rotatable bonds is 5. The first-order chi connectivity index (χ1) is 16.1. The Morgan fingerprint density at radius 1 is 1.24 bits per heavy atom. The van der Waals surface area contributed by atoms with Gasteiger partial charge in [-0.05, 0) is 35.9 Å². The van der Waals surface area contributed by atoms with E-state index in [1.807, 2.05) is 6.07 Å². The van der Waals surface area contributed by atoms with Crippen LogP contribution in [0.15, 0.2) is 58.6 Å². The smallest absolute Gasteiger partial charge is 0.272 e. The Hall–Kier alpha value is -4.55. The molecule has 164 valence electrons.